The summed E-state index contributed by atoms with van der Waals surface area (Å²) in [5, 5.41) is 10.4. The number of nitrogens with one attached hydrogen (secondary N) is 1. The molecule has 0 spiro atoms. The second-order valence-electron chi connectivity index (χ2n) is 5.53. The summed E-state index contributed by atoms with van der Waals surface area (Å²) in [6, 6.07) is 9.81. The molecular formula is C17H14ClF2N5OS. The van der Waals surface area contributed by atoms with E-state index < -0.39 is 22.8 Å². The number of hydrogen-bond donors (Lipinski definition) is 2. The quantitative estimate of drug-likeness (QED) is 0.495. The molecule has 0 bridgehead atoms. The number of anilines is 1. The van der Waals surface area contributed by atoms with E-state index in [2.05, 4.69) is 15.5 Å². The molecule has 1 heterocycles. The lowest BCUT2D eigenvalue weighted by molar-refractivity contribution is -0.115. The molecule has 1 atom stereocenters. The Balaban J connectivity index is 1.75. The fourth-order valence-corrected chi connectivity index (χ4v) is 3.21. The Morgan fingerprint density at radius 1 is 1.26 bits per heavy atom. The molecule has 3 rings (SSSR count). The SMILES string of the molecule is C[C@@H](Sc1nnc(-c2ccccc2Cl)n1N)C(=O)Nc1cc(F)ccc1F. The van der Waals surface area contributed by atoms with Crippen molar-refractivity contribution in [1.29, 1.82) is 0 Å². The molecule has 140 valence electrons. The number of thioether (sulfide) groups is 1. The molecule has 6 nitrogen and oxygen atoms in total. The summed E-state index contributed by atoms with van der Waals surface area (Å²) in [5.41, 5.74) is 0.360. The summed E-state index contributed by atoms with van der Waals surface area (Å²) in [6.07, 6.45) is 0. The third-order valence-electron chi connectivity index (χ3n) is 3.62. The van der Waals surface area contributed by atoms with Gasteiger partial charge >= 0.3 is 0 Å². The Hall–Kier alpha value is -2.65. The van der Waals surface area contributed by atoms with Gasteiger partial charge in [0.25, 0.3) is 0 Å². The number of amides is 1. The maximum Gasteiger partial charge on any atom is 0.237 e. The van der Waals surface area contributed by atoms with E-state index in [1.807, 2.05) is 0 Å². The van der Waals surface area contributed by atoms with E-state index in [0.29, 0.717) is 16.4 Å². The minimum atomic E-state index is -0.732. The van der Waals surface area contributed by atoms with Crippen LogP contribution in [0.2, 0.25) is 5.02 Å². The average molecular weight is 410 g/mol. The number of carbonyl (C=O) groups is 1. The maximum atomic E-state index is 13.7. The molecule has 10 heteroatoms. The summed E-state index contributed by atoms with van der Waals surface area (Å²) in [4.78, 5) is 12.3. The van der Waals surface area contributed by atoms with Crippen molar-refractivity contribution in [3.8, 4) is 11.4 Å². The van der Waals surface area contributed by atoms with Crippen LogP contribution in [0.4, 0.5) is 14.5 Å². The molecule has 27 heavy (non-hydrogen) atoms. The summed E-state index contributed by atoms with van der Waals surface area (Å²) < 4.78 is 28.1. The van der Waals surface area contributed by atoms with Gasteiger partial charge in [-0.15, -0.1) is 10.2 Å². The summed E-state index contributed by atoms with van der Waals surface area (Å²) >= 11 is 7.16. The summed E-state index contributed by atoms with van der Waals surface area (Å²) in [6.45, 7) is 1.58. The van der Waals surface area contributed by atoms with E-state index in [1.54, 1.807) is 31.2 Å². The number of benzene rings is 2. The van der Waals surface area contributed by atoms with Gasteiger partial charge < -0.3 is 11.2 Å². The molecule has 0 fully saturated rings. The number of halogens is 3. The van der Waals surface area contributed by atoms with E-state index in [9.17, 15) is 13.6 Å². The molecule has 0 saturated carbocycles. The molecule has 0 unspecified atom stereocenters. The molecule has 2 aromatic carbocycles. The zero-order valence-corrected chi connectivity index (χ0v) is 15.6. The van der Waals surface area contributed by atoms with Crippen molar-refractivity contribution < 1.29 is 13.6 Å². The van der Waals surface area contributed by atoms with Crippen LogP contribution in [-0.2, 0) is 4.79 Å². The monoisotopic (exact) mass is 409 g/mol. The van der Waals surface area contributed by atoms with Crippen LogP contribution < -0.4 is 11.2 Å². The van der Waals surface area contributed by atoms with E-state index in [1.165, 1.54) is 4.68 Å². The molecular weight excluding hydrogens is 396 g/mol. The first-order valence-electron chi connectivity index (χ1n) is 7.74. The highest BCUT2D eigenvalue weighted by atomic mass is 35.5. The lowest BCUT2D eigenvalue weighted by atomic mass is 10.2. The molecule has 0 aliphatic heterocycles. The highest BCUT2D eigenvalue weighted by Gasteiger charge is 2.21. The van der Waals surface area contributed by atoms with Gasteiger partial charge in [-0.3, -0.25) is 4.79 Å². The van der Waals surface area contributed by atoms with Gasteiger partial charge in [0.1, 0.15) is 11.6 Å². The molecule has 0 aliphatic rings. The third-order valence-corrected chi connectivity index (χ3v) is 5.00. The molecule has 3 aromatic rings. The van der Waals surface area contributed by atoms with Crippen molar-refractivity contribution in [3.05, 3.63) is 59.1 Å². The van der Waals surface area contributed by atoms with Crippen LogP contribution in [0.1, 0.15) is 6.92 Å². The lowest BCUT2D eigenvalue weighted by Crippen LogP contribution is -2.24. The first-order valence-corrected chi connectivity index (χ1v) is 9.00. The molecule has 0 radical (unpaired) electrons. The predicted octanol–water partition coefficient (Wildman–Crippen LogP) is 3.71. The minimum absolute atomic E-state index is 0.238. The molecule has 1 aromatic heterocycles. The highest BCUT2D eigenvalue weighted by molar-refractivity contribution is 8.00. The molecule has 0 saturated heterocycles. The van der Waals surface area contributed by atoms with Crippen LogP contribution in [0.25, 0.3) is 11.4 Å². The van der Waals surface area contributed by atoms with Crippen LogP contribution in [0, 0.1) is 11.6 Å². The van der Waals surface area contributed by atoms with Crippen molar-refractivity contribution in [1.82, 2.24) is 14.9 Å². The fourth-order valence-electron chi connectivity index (χ4n) is 2.22. The Labute approximate surface area is 162 Å². The highest BCUT2D eigenvalue weighted by Crippen LogP contribution is 2.29. The summed E-state index contributed by atoms with van der Waals surface area (Å²) in [7, 11) is 0. The predicted molar refractivity (Wildman–Crippen MR) is 101 cm³/mol. The lowest BCUT2D eigenvalue weighted by Gasteiger charge is -2.12. The number of rotatable bonds is 5. The molecule has 0 aliphatic carbocycles. The topological polar surface area (TPSA) is 85.8 Å². The molecule has 1 amide bonds. The first kappa shape index (κ1) is 19.1. The fraction of sp³-hybridized carbons (Fsp3) is 0.118. The second kappa shape index (κ2) is 7.93. The number of aromatic nitrogens is 3. The van der Waals surface area contributed by atoms with E-state index in [4.69, 9.17) is 17.4 Å². The van der Waals surface area contributed by atoms with Gasteiger partial charge in [-0.25, -0.2) is 13.5 Å². The van der Waals surface area contributed by atoms with Crippen molar-refractivity contribution in [2.75, 3.05) is 11.2 Å². The number of nitrogen functional groups attached to an aromatic ring is 1. The summed E-state index contributed by atoms with van der Waals surface area (Å²) in [5.74, 6) is 4.44. The number of hydrogen-bond acceptors (Lipinski definition) is 5. The molecule has 3 N–H and O–H groups in total. The maximum absolute atomic E-state index is 13.7. The van der Waals surface area contributed by atoms with Crippen LogP contribution in [0.3, 0.4) is 0 Å². The van der Waals surface area contributed by atoms with E-state index in [-0.39, 0.29) is 10.8 Å². The van der Waals surface area contributed by atoms with E-state index in [0.717, 1.165) is 30.0 Å². The van der Waals surface area contributed by atoms with Gasteiger partial charge in [0.05, 0.1) is 16.0 Å². The van der Waals surface area contributed by atoms with Crippen molar-refractivity contribution in [2.24, 2.45) is 0 Å². The van der Waals surface area contributed by atoms with Crippen LogP contribution in [0.5, 0.6) is 0 Å². The van der Waals surface area contributed by atoms with Gasteiger partial charge in [-0.05, 0) is 31.2 Å². The van der Waals surface area contributed by atoms with Crippen molar-refractivity contribution >= 4 is 35.0 Å². The van der Waals surface area contributed by atoms with Gasteiger partial charge in [0, 0.05) is 11.6 Å². The van der Waals surface area contributed by atoms with Gasteiger partial charge in [0.2, 0.25) is 11.1 Å². The van der Waals surface area contributed by atoms with Crippen LogP contribution >= 0.6 is 23.4 Å². The Kier molecular flexibility index (Phi) is 5.62. The zero-order chi connectivity index (χ0) is 19.6. The second-order valence-corrected chi connectivity index (χ2v) is 7.24. The van der Waals surface area contributed by atoms with Gasteiger partial charge in [0.15, 0.2) is 5.82 Å². The normalized spacial score (nSPS) is 12.0. The number of nitrogens with zero attached hydrogens (tertiary/aromatic N) is 3. The minimum Gasteiger partial charge on any atom is -0.335 e. The largest absolute Gasteiger partial charge is 0.335 e. The van der Waals surface area contributed by atoms with Crippen molar-refractivity contribution in [3.63, 3.8) is 0 Å². The van der Waals surface area contributed by atoms with Crippen LogP contribution in [-0.4, -0.2) is 26.0 Å². The first-order chi connectivity index (χ1) is 12.9. The third kappa shape index (κ3) is 4.20. The van der Waals surface area contributed by atoms with E-state index >= 15 is 0 Å². The number of nitrogens with two attached hydrogens (primary N) is 1. The van der Waals surface area contributed by atoms with Crippen molar-refractivity contribution in [2.45, 2.75) is 17.3 Å². The number of carbonyl (C=O) groups excluding carboxylic acids is 1. The van der Waals surface area contributed by atoms with Gasteiger partial charge in [-0.1, -0.05) is 35.5 Å². The smallest absolute Gasteiger partial charge is 0.237 e. The Morgan fingerprint density at radius 2 is 2.00 bits per heavy atom. The standard InChI is InChI=1S/C17H14ClF2N5OS/c1-9(16(26)22-14-8-10(19)6-7-13(14)20)27-17-24-23-15(25(17)21)11-4-2-3-5-12(11)18/h2-9H,21H2,1H3,(H,22,26)/t9-/m1/s1. The Morgan fingerprint density at radius 3 is 2.74 bits per heavy atom. The Bertz CT molecular complexity index is 997. The van der Waals surface area contributed by atoms with Crippen LogP contribution in [0.15, 0.2) is 47.6 Å². The zero-order valence-electron chi connectivity index (χ0n) is 14.0. The van der Waals surface area contributed by atoms with Gasteiger partial charge in [-0.2, -0.15) is 0 Å². The average Bonchev–Trinajstić information content (AvgIpc) is 2.99.